The highest BCUT2D eigenvalue weighted by atomic mass is 127. The van der Waals surface area contributed by atoms with E-state index in [4.69, 9.17) is 4.74 Å². The number of amides is 1. The highest BCUT2D eigenvalue weighted by molar-refractivity contribution is 14.1. The van der Waals surface area contributed by atoms with Gasteiger partial charge in [-0.25, -0.2) is 4.79 Å². The quantitative estimate of drug-likeness (QED) is 0.278. The van der Waals surface area contributed by atoms with Gasteiger partial charge in [-0.3, -0.25) is 0 Å². The predicted molar refractivity (Wildman–Crippen MR) is 139 cm³/mol. The topological polar surface area (TPSA) is 29.5 Å². The van der Waals surface area contributed by atoms with Crippen molar-refractivity contribution in [3.05, 3.63) is 92.1 Å². The zero-order valence-electron chi connectivity index (χ0n) is 19.8. The molecule has 1 saturated heterocycles. The largest absolute Gasteiger partial charge is 0.441 e. The van der Waals surface area contributed by atoms with Gasteiger partial charge in [0.2, 0.25) is 0 Å². The number of nitrogens with zero attached hydrogens (tertiary/aromatic N) is 1. The van der Waals surface area contributed by atoms with E-state index in [0.29, 0.717) is 24.1 Å². The molecule has 4 rings (SSSR count). The Morgan fingerprint density at radius 3 is 2.46 bits per heavy atom. The highest BCUT2D eigenvalue weighted by Crippen LogP contribution is 2.37. The minimum Gasteiger partial charge on any atom is -0.441 e. The van der Waals surface area contributed by atoms with Gasteiger partial charge in [-0.05, 0) is 93.1 Å². The Kier molecular flexibility index (Phi) is 7.45. The van der Waals surface area contributed by atoms with Crippen LogP contribution in [0.4, 0.5) is 18.0 Å². The van der Waals surface area contributed by atoms with E-state index in [1.165, 1.54) is 11.0 Å². The van der Waals surface area contributed by atoms with E-state index >= 15 is 0 Å². The van der Waals surface area contributed by atoms with Gasteiger partial charge in [-0.15, -0.1) is 0 Å². The number of hydrogen-bond acceptors (Lipinski definition) is 2. The van der Waals surface area contributed by atoms with Crippen LogP contribution in [0.3, 0.4) is 0 Å². The number of cyclic esters (lactones) is 1. The minimum atomic E-state index is -4.47. The second kappa shape index (κ2) is 10.2. The first kappa shape index (κ1) is 25.5. The number of benzene rings is 3. The summed E-state index contributed by atoms with van der Waals surface area (Å²) in [7, 11) is 0. The van der Waals surface area contributed by atoms with Crippen molar-refractivity contribution in [2.75, 3.05) is 6.54 Å². The van der Waals surface area contributed by atoms with E-state index in [0.717, 1.165) is 38.0 Å². The maximum absolute atomic E-state index is 13.6. The van der Waals surface area contributed by atoms with Crippen LogP contribution < -0.4 is 0 Å². The third-order valence-corrected chi connectivity index (χ3v) is 7.38. The number of alkyl halides is 3. The van der Waals surface area contributed by atoms with Gasteiger partial charge in [0, 0.05) is 23.1 Å². The van der Waals surface area contributed by atoms with Crippen LogP contribution in [-0.4, -0.2) is 17.5 Å². The molecule has 3 aromatic rings. The van der Waals surface area contributed by atoms with Gasteiger partial charge in [0.25, 0.3) is 0 Å². The monoisotopic (exact) mass is 593 g/mol. The van der Waals surface area contributed by atoms with Crippen LogP contribution in [0.15, 0.2) is 60.7 Å². The zero-order valence-corrected chi connectivity index (χ0v) is 22.0. The number of ether oxygens (including phenoxy) is 1. The first-order chi connectivity index (χ1) is 16.5. The smallest absolute Gasteiger partial charge is 0.416 e. The molecule has 0 N–H and O–H groups in total. The van der Waals surface area contributed by atoms with Gasteiger partial charge in [0.15, 0.2) is 0 Å². The third-order valence-electron chi connectivity index (χ3n) is 6.44. The summed E-state index contributed by atoms with van der Waals surface area (Å²) in [6.07, 6.45) is -4.77. The van der Waals surface area contributed by atoms with Crippen LogP contribution in [-0.2, 0) is 17.5 Å². The number of carbonyl (C=O) groups is 1. The fourth-order valence-corrected chi connectivity index (χ4v) is 5.03. The van der Waals surface area contributed by atoms with Crippen molar-refractivity contribution in [3.63, 3.8) is 0 Å². The molecule has 0 unspecified atom stereocenters. The Morgan fingerprint density at radius 1 is 1.06 bits per heavy atom. The number of carbonyl (C=O) groups excluding carboxylic acids is 1. The molecule has 0 aliphatic carbocycles. The van der Waals surface area contributed by atoms with Crippen LogP contribution in [0, 0.1) is 10.5 Å². The summed E-state index contributed by atoms with van der Waals surface area (Å²) in [5.74, 6) is 0.277. The molecule has 0 aromatic heterocycles. The van der Waals surface area contributed by atoms with E-state index < -0.39 is 17.8 Å². The van der Waals surface area contributed by atoms with E-state index in [1.54, 1.807) is 0 Å². The number of rotatable bonds is 5. The Bertz CT molecular complexity index is 1240. The second-order valence-electron chi connectivity index (χ2n) is 9.20. The van der Waals surface area contributed by atoms with Gasteiger partial charge in [0.05, 0.1) is 5.56 Å². The lowest BCUT2D eigenvalue weighted by atomic mass is 9.93. The van der Waals surface area contributed by atoms with Crippen LogP contribution >= 0.6 is 22.6 Å². The molecular formula is C28H27F3INO2. The van der Waals surface area contributed by atoms with Gasteiger partial charge in [-0.2, -0.15) is 13.2 Å². The predicted octanol–water partition coefficient (Wildman–Crippen LogP) is 8.49. The van der Waals surface area contributed by atoms with E-state index in [1.807, 2.05) is 49.4 Å². The van der Waals surface area contributed by atoms with Crippen LogP contribution in [0.1, 0.15) is 60.1 Å². The van der Waals surface area contributed by atoms with Crippen LogP contribution in [0.25, 0.3) is 11.1 Å². The molecule has 184 valence electrons. The van der Waals surface area contributed by atoms with Gasteiger partial charge >= 0.3 is 12.3 Å². The molecule has 0 saturated carbocycles. The summed E-state index contributed by atoms with van der Waals surface area (Å²) >= 11 is 2.21. The van der Waals surface area contributed by atoms with Crippen LogP contribution in [0.2, 0.25) is 0 Å². The van der Waals surface area contributed by atoms with Crippen molar-refractivity contribution in [2.24, 2.45) is 0 Å². The Balaban J connectivity index is 1.67. The fourth-order valence-electron chi connectivity index (χ4n) is 4.41. The van der Waals surface area contributed by atoms with Crippen LogP contribution in [0.5, 0.6) is 0 Å². The van der Waals surface area contributed by atoms with Gasteiger partial charge in [-0.1, -0.05) is 50.2 Å². The van der Waals surface area contributed by atoms with Crippen molar-refractivity contribution in [1.29, 1.82) is 0 Å². The molecule has 1 heterocycles. The van der Waals surface area contributed by atoms with Crippen molar-refractivity contribution in [3.8, 4) is 11.1 Å². The minimum absolute atomic E-state index is 0.0422. The highest BCUT2D eigenvalue weighted by Gasteiger charge is 2.33. The van der Waals surface area contributed by atoms with E-state index in [2.05, 4.69) is 36.4 Å². The summed E-state index contributed by atoms with van der Waals surface area (Å²) in [4.78, 5) is 14.4. The molecule has 1 fully saturated rings. The molecule has 0 spiro atoms. The summed E-state index contributed by atoms with van der Waals surface area (Å²) in [5, 5.41) is 0. The lowest BCUT2D eigenvalue weighted by Gasteiger charge is -2.33. The van der Waals surface area contributed by atoms with Crippen molar-refractivity contribution in [1.82, 2.24) is 4.90 Å². The first-order valence-electron chi connectivity index (χ1n) is 11.6. The third kappa shape index (κ3) is 5.66. The molecule has 3 aromatic carbocycles. The lowest BCUT2D eigenvalue weighted by molar-refractivity contribution is -0.137. The van der Waals surface area contributed by atoms with Crippen molar-refractivity contribution >= 4 is 28.7 Å². The molecule has 1 amide bonds. The van der Waals surface area contributed by atoms with Gasteiger partial charge in [0.1, 0.15) is 6.10 Å². The molecule has 1 atom stereocenters. The average Bonchev–Trinajstić information content (AvgIpc) is 2.80. The fraction of sp³-hybridized carbons (Fsp3) is 0.321. The SMILES string of the molecule is Cc1ccccc1[C@@H]1CCN(Cc2cc(C(F)(F)F)ccc2-c2cc(C(C)C)ccc2I)C(=O)O1. The number of hydrogen-bond donors (Lipinski definition) is 0. The Labute approximate surface area is 217 Å². The first-order valence-corrected chi connectivity index (χ1v) is 12.6. The summed E-state index contributed by atoms with van der Waals surface area (Å²) in [5.41, 5.74) is 4.38. The van der Waals surface area contributed by atoms with E-state index in [9.17, 15) is 18.0 Å². The molecule has 1 aliphatic rings. The summed E-state index contributed by atoms with van der Waals surface area (Å²) < 4.78 is 47.4. The van der Waals surface area contributed by atoms with Crippen molar-refractivity contribution in [2.45, 2.75) is 51.9 Å². The molecule has 1 aliphatic heterocycles. The maximum atomic E-state index is 13.6. The van der Waals surface area contributed by atoms with Crippen molar-refractivity contribution < 1.29 is 22.7 Å². The van der Waals surface area contributed by atoms with Gasteiger partial charge < -0.3 is 9.64 Å². The second-order valence-corrected chi connectivity index (χ2v) is 10.4. The standard InChI is InChI=1S/C28H27F3INO2/c1-17(2)19-8-11-25(32)24(15-19)23-10-9-21(28(29,30)31)14-20(23)16-33-13-12-26(35-27(33)34)22-7-5-4-6-18(22)3/h4-11,14-15,17,26H,12-13,16H2,1-3H3/t26-/m0/s1. The zero-order chi connectivity index (χ0) is 25.3. The maximum Gasteiger partial charge on any atom is 0.416 e. The molecule has 0 radical (unpaired) electrons. The summed E-state index contributed by atoms with van der Waals surface area (Å²) in [6, 6.07) is 17.6. The number of halogens is 4. The molecule has 7 heteroatoms. The lowest BCUT2D eigenvalue weighted by Crippen LogP contribution is -2.38. The Morgan fingerprint density at radius 2 is 1.80 bits per heavy atom. The average molecular weight is 593 g/mol. The molecule has 3 nitrogen and oxygen atoms in total. The van der Waals surface area contributed by atoms with E-state index in [-0.39, 0.29) is 18.6 Å². The molecule has 35 heavy (non-hydrogen) atoms. The molecular weight excluding hydrogens is 566 g/mol. The summed E-state index contributed by atoms with van der Waals surface area (Å²) in [6.45, 7) is 6.57. The Hall–Kier alpha value is -2.55. The number of aryl methyl sites for hydroxylation is 1. The normalized spacial score (nSPS) is 16.5. The molecule has 0 bridgehead atoms.